The number of alkyl halides is 2. The Morgan fingerprint density at radius 3 is 2.46 bits per heavy atom. The fourth-order valence-corrected chi connectivity index (χ4v) is 8.20. The minimum Gasteiger partial charge on any atom is -0.479 e. The highest BCUT2D eigenvalue weighted by Gasteiger charge is 2.57. The van der Waals surface area contributed by atoms with Gasteiger partial charge in [-0.15, -0.1) is 23.2 Å². The van der Waals surface area contributed by atoms with Crippen LogP contribution in [0.4, 0.5) is 4.79 Å². The van der Waals surface area contributed by atoms with E-state index in [-0.39, 0.29) is 11.5 Å². The summed E-state index contributed by atoms with van der Waals surface area (Å²) < 4.78 is 17.3. The first-order valence-electron chi connectivity index (χ1n) is 14.4. The number of aliphatic carboxylic acids is 1. The van der Waals surface area contributed by atoms with Gasteiger partial charge >= 0.3 is 12.1 Å². The van der Waals surface area contributed by atoms with Crippen molar-refractivity contribution >= 4 is 35.3 Å². The number of hydrogen-bond donors (Lipinski definition) is 4. The standard InChI is InChI=1S/C29H39Cl2NO9/c1-29-9-8-18-17-5-3-16(39-28(38)32(12-10-30)13-11-31)14-15(17)2-4-19(18)20(29)6-7-21(29)40-27-24(35)22(33)23(34)25(41-27)26(36)37/h3,5,14,18-25,27,33-35H,2,4,6-13H2,1H3,(H,36,37)/t18-,19-,20+,21+,22+,23+,24-,25+,27-,29+/m1/s1. The molecule has 2 saturated carbocycles. The van der Waals surface area contributed by atoms with Crippen LogP contribution in [0.1, 0.15) is 56.1 Å². The third-order valence-electron chi connectivity index (χ3n) is 9.89. The van der Waals surface area contributed by atoms with Gasteiger partial charge < -0.3 is 39.5 Å². The number of carbonyl (C=O) groups excluding carboxylic acids is 1. The van der Waals surface area contributed by atoms with Crippen molar-refractivity contribution in [2.75, 3.05) is 24.8 Å². The van der Waals surface area contributed by atoms with Crippen LogP contribution in [0.15, 0.2) is 18.2 Å². The summed E-state index contributed by atoms with van der Waals surface area (Å²) in [6.07, 6.45) is -3.41. The normalized spacial score (nSPS) is 38.0. The van der Waals surface area contributed by atoms with Crippen LogP contribution in [0.3, 0.4) is 0 Å². The quantitative estimate of drug-likeness (QED) is 0.324. The van der Waals surface area contributed by atoms with Crippen LogP contribution in [0, 0.1) is 17.3 Å². The van der Waals surface area contributed by atoms with E-state index in [0.717, 1.165) is 38.5 Å². The minimum absolute atomic E-state index is 0.203. The average Bonchev–Trinajstić information content (AvgIpc) is 3.28. The van der Waals surface area contributed by atoms with Gasteiger partial charge in [0.05, 0.1) is 6.10 Å². The minimum atomic E-state index is -1.74. The number of aliphatic hydroxyl groups is 3. The molecule has 1 heterocycles. The summed E-state index contributed by atoms with van der Waals surface area (Å²) in [4.78, 5) is 25.7. The number of aryl methyl sites for hydroxylation is 1. The largest absolute Gasteiger partial charge is 0.479 e. The molecule has 10 atom stereocenters. The van der Waals surface area contributed by atoms with Crippen LogP contribution in [-0.4, -0.2) is 99.0 Å². The fraction of sp³-hybridized carbons (Fsp3) is 0.724. The van der Waals surface area contributed by atoms with E-state index in [1.54, 1.807) is 0 Å². The molecule has 1 amide bonds. The number of hydrogen-bond acceptors (Lipinski definition) is 8. The molecule has 0 spiro atoms. The summed E-state index contributed by atoms with van der Waals surface area (Å²) in [5.41, 5.74) is 2.28. The predicted molar refractivity (Wildman–Crippen MR) is 149 cm³/mol. The molecule has 0 unspecified atom stereocenters. The van der Waals surface area contributed by atoms with Gasteiger partial charge in [0.25, 0.3) is 0 Å². The SMILES string of the molecule is C[C@]12CC[C@@H]3c4ccc(OC(=O)N(CCCl)CCCl)cc4CC[C@H]3[C@@H]1CC[C@@H]2O[C@@H]1O[C@H](C(=O)O)[C@@H](O)[C@H](O)[C@H]1O. The third kappa shape index (κ3) is 5.81. The molecule has 1 saturated heterocycles. The molecule has 4 aliphatic rings. The van der Waals surface area contributed by atoms with Gasteiger partial charge in [-0.3, -0.25) is 0 Å². The second-order valence-corrected chi connectivity index (χ2v) is 12.7. The van der Waals surface area contributed by atoms with Gasteiger partial charge in [-0.2, -0.15) is 0 Å². The second-order valence-electron chi connectivity index (χ2n) is 12.0. The lowest BCUT2D eigenvalue weighted by Gasteiger charge is -2.51. The molecule has 228 valence electrons. The number of fused-ring (bicyclic) bond motifs is 5. The van der Waals surface area contributed by atoms with Gasteiger partial charge in [0, 0.05) is 24.8 Å². The number of benzene rings is 1. The molecule has 10 nitrogen and oxygen atoms in total. The number of carboxylic acids is 1. The Labute approximate surface area is 249 Å². The van der Waals surface area contributed by atoms with Crippen molar-refractivity contribution in [3.05, 3.63) is 29.3 Å². The molecular weight excluding hydrogens is 577 g/mol. The van der Waals surface area contributed by atoms with Crippen molar-refractivity contribution in [2.45, 2.75) is 88.2 Å². The van der Waals surface area contributed by atoms with Crippen molar-refractivity contribution in [1.82, 2.24) is 4.90 Å². The summed E-state index contributed by atoms with van der Waals surface area (Å²) in [7, 11) is 0. The number of aliphatic hydroxyl groups excluding tert-OH is 3. The third-order valence-corrected chi connectivity index (χ3v) is 10.2. The van der Waals surface area contributed by atoms with Crippen LogP contribution in [0.2, 0.25) is 0 Å². The zero-order chi connectivity index (χ0) is 29.5. The Bertz CT molecular complexity index is 1120. The monoisotopic (exact) mass is 615 g/mol. The van der Waals surface area contributed by atoms with E-state index in [4.69, 9.17) is 37.4 Å². The van der Waals surface area contributed by atoms with E-state index in [1.165, 1.54) is 16.0 Å². The maximum Gasteiger partial charge on any atom is 0.415 e. The Kier molecular flexibility index (Phi) is 9.40. The van der Waals surface area contributed by atoms with Crippen LogP contribution in [0.5, 0.6) is 5.75 Å². The van der Waals surface area contributed by atoms with Gasteiger partial charge in [-0.25, -0.2) is 9.59 Å². The summed E-state index contributed by atoms with van der Waals surface area (Å²) in [5.74, 6) is 0.852. The summed E-state index contributed by atoms with van der Waals surface area (Å²) in [6.45, 7) is 2.93. The molecule has 1 aromatic rings. The smallest absolute Gasteiger partial charge is 0.415 e. The fourth-order valence-electron chi connectivity index (χ4n) is 7.79. The molecule has 0 bridgehead atoms. The Morgan fingerprint density at radius 2 is 1.78 bits per heavy atom. The van der Waals surface area contributed by atoms with E-state index in [1.807, 2.05) is 12.1 Å². The van der Waals surface area contributed by atoms with Crippen LogP contribution in [-0.2, 0) is 20.7 Å². The second kappa shape index (κ2) is 12.5. The van der Waals surface area contributed by atoms with Gasteiger partial charge in [-0.05, 0) is 85.0 Å². The van der Waals surface area contributed by atoms with E-state index in [9.17, 15) is 30.0 Å². The first-order chi connectivity index (χ1) is 19.6. The highest BCUT2D eigenvalue weighted by Crippen LogP contribution is 2.62. The lowest BCUT2D eigenvalue weighted by Crippen LogP contribution is -2.61. The first-order valence-corrected chi connectivity index (χ1v) is 15.4. The van der Waals surface area contributed by atoms with Gasteiger partial charge in [0.1, 0.15) is 24.1 Å². The van der Waals surface area contributed by atoms with Crippen LogP contribution in [0.25, 0.3) is 0 Å². The maximum absolute atomic E-state index is 12.6. The molecule has 3 fully saturated rings. The van der Waals surface area contributed by atoms with Gasteiger partial charge in [0.2, 0.25) is 0 Å². The number of carbonyl (C=O) groups is 2. The van der Waals surface area contributed by atoms with Crippen molar-refractivity contribution < 1.29 is 44.2 Å². The molecule has 5 rings (SSSR count). The number of halogens is 2. The topological polar surface area (TPSA) is 146 Å². The van der Waals surface area contributed by atoms with E-state index in [2.05, 4.69) is 13.0 Å². The number of rotatable bonds is 8. The highest BCUT2D eigenvalue weighted by molar-refractivity contribution is 6.18. The van der Waals surface area contributed by atoms with Crippen LogP contribution < -0.4 is 4.74 Å². The summed E-state index contributed by atoms with van der Waals surface area (Å²) in [6, 6.07) is 5.91. The zero-order valence-corrected chi connectivity index (χ0v) is 24.5. The lowest BCUT2D eigenvalue weighted by molar-refractivity contribution is -0.312. The summed E-state index contributed by atoms with van der Waals surface area (Å²) >= 11 is 11.6. The number of carboxylic acid groups (broad SMARTS) is 1. The van der Waals surface area contributed by atoms with Gasteiger partial charge in [-0.1, -0.05) is 13.0 Å². The Balaban J connectivity index is 1.27. The van der Waals surface area contributed by atoms with Crippen molar-refractivity contribution in [2.24, 2.45) is 17.3 Å². The predicted octanol–water partition coefficient (Wildman–Crippen LogP) is 3.10. The lowest BCUT2D eigenvalue weighted by atomic mass is 9.55. The van der Waals surface area contributed by atoms with E-state index >= 15 is 0 Å². The molecule has 12 heteroatoms. The number of nitrogens with zero attached hydrogens (tertiary/aromatic N) is 1. The zero-order valence-electron chi connectivity index (χ0n) is 23.0. The Morgan fingerprint density at radius 1 is 1.05 bits per heavy atom. The molecule has 0 aromatic heterocycles. The molecule has 1 aromatic carbocycles. The highest BCUT2D eigenvalue weighted by atomic mass is 35.5. The van der Waals surface area contributed by atoms with Crippen molar-refractivity contribution in [3.63, 3.8) is 0 Å². The molecule has 3 aliphatic carbocycles. The maximum atomic E-state index is 12.6. The number of ether oxygens (including phenoxy) is 3. The average molecular weight is 617 g/mol. The van der Waals surface area contributed by atoms with Crippen molar-refractivity contribution in [3.8, 4) is 5.75 Å². The van der Waals surface area contributed by atoms with Crippen LogP contribution >= 0.6 is 23.2 Å². The number of amides is 1. The molecular formula is C29H39Cl2NO9. The molecule has 41 heavy (non-hydrogen) atoms. The van der Waals surface area contributed by atoms with E-state index in [0.29, 0.717) is 48.4 Å². The van der Waals surface area contributed by atoms with Crippen molar-refractivity contribution in [1.29, 1.82) is 0 Å². The van der Waals surface area contributed by atoms with Gasteiger partial charge in [0.15, 0.2) is 12.4 Å². The molecule has 1 aliphatic heterocycles. The Hall–Kier alpha value is -1.66. The van der Waals surface area contributed by atoms with E-state index < -0.39 is 42.8 Å². The molecule has 4 N–H and O–H groups in total. The first kappa shape index (κ1) is 30.8. The molecule has 0 radical (unpaired) electrons. The summed E-state index contributed by atoms with van der Waals surface area (Å²) in [5, 5.41) is 40.2.